The van der Waals surface area contributed by atoms with Gasteiger partial charge in [0.2, 0.25) is 5.79 Å². The number of ether oxygens (including phenoxy) is 2. The summed E-state index contributed by atoms with van der Waals surface area (Å²) < 4.78 is 12.3. The second kappa shape index (κ2) is 11.2. The van der Waals surface area contributed by atoms with Crippen molar-refractivity contribution < 1.29 is 49.1 Å². The molecule has 4 rings (SSSR count). The standard InChI is InChI=1S/C31H24O10/c1-31(2,40-21-15-13-19(27(32)33)25(29(36)37)23(21)17-9-5-3-6-10-17)41-22-16-14-20(28(34)35)26(30(38)39)24(22)18-11-7-4-8-12-18/h3-16H,1-2H3,(H,32,33)(H,34,35)(H,36,37)(H,38,39). The van der Waals surface area contributed by atoms with Crippen molar-refractivity contribution in [2.24, 2.45) is 0 Å². The molecule has 41 heavy (non-hydrogen) atoms. The Balaban J connectivity index is 1.88. The molecule has 0 unspecified atom stereocenters. The molecule has 0 radical (unpaired) electrons. The highest BCUT2D eigenvalue weighted by Crippen LogP contribution is 2.41. The number of carboxylic acid groups (broad SMARTS) is 4. The zero-order chi connectivity index (χ0) is 29.9. The smallest absolute Gasteiger partial charge is 0.337 e. The van der Waals surface area contributed by atoms with Crippen LogP contribution in [-0.2, 0) is 0 Å². The van der Waals surface area contributed by atoms with Crippen LogP contribution in [0.25, 0.3) is 22.3 Å². The first-order valence-corrected chi connectivity index (χ1v) is 12.2. The van der Waals surface area contributed by atoms with E-state index < -0.39 is 51.9 Å². The molecule has 4 aromatic rings. The number of carbonyl (C=O) groups is 4. The molecule has 0 amide bonds. The van der Waals surface area contributed by atoms with E-state index in [1.54, 1.807) is 60.7 Å². The summed E-state index contributed by atoms with van der Waals surface area (Å²) in [7, 11) is 0. The summed E-state index contributed by atoms with van der Waals surface area (Å²) >= 11 is 0. The number of aromatic carboxylic acids is 4. The van der Waals surface area contributed by atoms with Crippen molar-refractivity contribution in [3.05, 3.63) is 107 Å². The number of rotatable bonds is 10. The van der Waals surface area contributed by atoms with Gasteiger partial charge in [-0.15, -0.1) is 0 Å². The lowest BCUT2D eigenvalue weighted by molar-refractivity contribution is -0.0803. The van der Waals surface area contributed by atoms with Gasteiger partial charge < -0.3 is 29.9 Å². The van der Waals surface area contributed by atoms with E-state index in [0.717, 1.165) is 12.1 Å². The molecule has 208 valence electrons. The zero-order valence-corrected chi connectivity index (χ0v) is 21.8. The van der Waals surface area contributed by atoms with Crippen molar-refractivity contribution in [3.8, 4) is 33.8 Å². The Bertz CT molecular complexity index is 1530. The van der Waals surface area contributed by atoms with Gasteiger partial charge in [-0.25, -0.2) is 19.2 Å². The van der Waals surface area contributed by atoms with E-state index in [0.29, 0.717) is 11.1 Å². The molecular weight excluding hydrogens is 532 g/mol. The molecule has 0 aromatic heterocycles. The van der Waals surface area contributed by atoms with Crippen LogP contribution in [0.2, 0.25) is 0 Å². The first-order chi connectivity index (χ1) is 19.4. The van der Waals surface area contributed by atoms with E-state index in [2.05, 4.69) is 0 Å². The fourth-order valence-corrected chi connectivity index (χ4v) is 4.47. The third-order valence-corrected chi connectivity index (χ3v) is 6.06. The van der Waals surface area contributed by atoms with Gasteiger partial charge >= 0.3 is 23.9 Å². The van der Waals surface area contributed by atoms with Gasteiger partial charge in [0.25, 0.3) is 0 Å². The average Bonchev–Trinajstić information content (AvgIpc) is 2.92. The topological polar surface area (TPSA) is 168 Å². The largest absolute Gasteiger partial charge is 0.478 e. The van der Waals surface area contributed by atoms with Gasteiger partial charge in [-0.3, -0.25) is 0 Å². The Morgan fingerprint density at radius 2 is 0.854 bits per heavy atom. The molecule has 0 saturated heterocycles. The summed E-state index contributed by atoms with van der Waals surface area (Å²) in [5, 5.41) is 39.3. The summed E-state index contributed by atoms with van der Waals surface area (Å²) in [6, 6.07) is 21.3. The Labute approximate surface area is 233 Å². The first kappa shape index (κ1) is 28.4. The van der Waals surface area contributed by atoms with Gasteiger partial charge in [0.1, 0.15) is 11.5 Å². The molecule has 0 atom stereocenters. The predicted octanol–water partition coefficient (Wildman–Crippen LogP) is 6.01. The Hall–Kier alpha value is -5.64. The fraction of sp³-hybridized carbons (Fsp3) is 0.0968. The maximum Gasteiger partial charge on any atom is 0.337 e. The van der Waals surface area contributed by atoms with E-state index in [1.165, 1.54) is 26.0 Å². The monoisotopic (exact) mass is 556 g/mol. The summed E-state index contributed by atoms with van der Waals surface area (Å²) in [5.74, 6) is -7.45. The second-order valence-electron chi connectivity index (χ2n) is 9.28. The van der Waals surface area contributed by atoms with Crippen LogP contribution in [-0.4, -0.2) is 50.1 Å². The van der Waals surface area contributed by atoms with Crippen LogP contribution in [0.5, 0.6) is 11.5 Å². The molecule has 0 saturated carbocycles. The van der Waals surface area contributed by atoms with E-state index >= 15 is 0 Å². The lowest BCUT2D eigenvalue weighted by Gasteiger charge is -2.30. The maximum absolute atomic E-state index is 12.3. The van der Waals surface area contributed by atoms with Gasteiger partial charge in [-0.05, 0) is 35.4 Å². The van der Waals surface area contributed by atoms with Crippen molar-refractivity contribution >= 4 is 23.9 Å². The number of hydrogen-bond donors (Lipinski definition) is 4. The lowest BCUT2D eigenvalue weighted by Crippen LogP contribution is -2.36. The Morgan fingerprint density at radius 3 is 1.15 bits per heavy atom. The van der Waals surface area contributed by atoms with Crippen LogP contribution in [0.1, 0.15) is 55.3 Å². The van der Waals surface area contributed by atoms with Gasteiger partial charge in [0, 0.05) is 25.0 Å². The average molecular weight is 557 g/mol. The minimum Gasteiger partial charge on any atom is -0.478 e. The van der Waals surface area contributed by atoms with Gasteiger partial charge in [-0.1, -0.05) is 60.7 Å². The molecule has 10 heteroatoms. The summed E-state index contributed by atoms with van der Waals surface area (Å²) in [4.78, 5) is 48.3. The first-order valence-electron chi connectivity index (χ1n) is 12.2. The van der Waals surface area contributed by atoms with Crippen LogP contribution < -0.4 is 9.47 Å². The van der Waals surface area contributed by atoms with E-state index in [9.17, 15) is 39.6 Å². The van der Waals surface area contributed by atoms with E-state index in [4.69, 9.17) is 9.47 Å². The number of carboxylic acids is 4. The summed E-state index contributed by atoms with van der Waals surface area (Å²) in [6.07, 6.45) is 0. The number of hydrogen-bond acceptors (Lipinski definition) is 6. The van der Waals surface area contributed by atoms with Crippen molar-refractivity contribution in [1.29, 1.82) is 0 Å². The van der Waals surface area contributed by atoms with Crippen molar-refractivity contribution in [3.63, 3.8) is 0 Å². The Kier molecular flexibility index (Phi) is 7.77. The van der Waals surface area contributed by atoms with Crippen LogP contribution >= 0.6 is 0 Å². The van der Waals surface area contributed by atoms with Gasteiger partial charge in [0.05, 0.1) is 22.3 Å². The van der Waals surface area contributed by atoms with Crippen LogP contribution in [0.15, 0.2) is 84.9 Å². The molecule has 0 heterocycles. The third-order valence-electron chi connectivity index (χ3n) is 6.06. The van der Waals surface area contributed by atoms with Crippen LogP contribution in [0, 0.1) is 0 Å². The molecule has 0 aliphatic carbocycles. The van der Waals surface area contributed by atoms with Gasteiger partial charge in [0.15, 0.2) is 0 Å². The highest BCUT2D eigenvalue weighted by Gasteiger charge is 2.32. The zero-order valence-electron chi connectivity index (χ0n) is 21.8. The highest BCUT2D eigenvalue weighted by atomic mass is 16.7. The van der Waals surface area contributed by atoms with Crippen molar-refractivity contribution in [2.45, 2.75) is 19.6 Å². The maximum atomic E-state index is 12.3. The number of benzene rings is 4. The quantitative estimate of drug-likeness (QED) is 0.170. The second-order valence-corrected chi connectivity index (χ2v) is 9.28. The minimum atomic E-state index is -1.60. The van der Waals surface area contributed by atoms with Crippen LogP contribution in [0.4, 0.5) is 0 Å². The fourth-order valence-electron chi connectivity index (χ4n) is 4.47. The lowest BCUT2D eigenvalue weighted by atomic mass is 9.94. The van der Waals surface area contributed by atoms with E-state index in [-0.39, 0.29) is 22.6 Å². The van der Waals surface area contributed by atoms with Crippen molar-refractivity contribution in [1.82, 2.24) is 0 Å². The molecule has 4 aromatic carbocycles. The van der Waals surface area contributed by atoms with Gasteiger partial charge in [-0.2, -0.15) is 0 Å². The molecule has 0 bridgehead atoms. The third kappa shape index (κ3) is 5.86. The SMILES string of the molecule is CC(C)(Oc1ccc(C(=O)O)c(C(=O)O)c1-c1ccccc1)Oc1ccc(C(=O)O)c(C(=O)O)c1-c1ccccc1. The van der Waals surface area contributed by atoms with E-state index in [1.807, 2.05) is 0 Å². The normalized spacial score (nSPS) is 11.0. The molecule has 0 fully saturated rings. The van der Waals surface area contributed by atoms with Crippen molar-refractivity contribution in [2.75, 3.05) is 0 Å². The molecular formula is C31H24O10. The minimum absolute atomic E-state index is 0.00501. The molecule has 4 N–H and O–H groups in total. The molecule has 0 spiro atoms. The van der Waals surface area contributed by atoms with Crippen LogP contribution in [0.3, 0.4) is 0 Å². The summed E-state index contributed by atoms with van der Waals surface area (Å²) in [5.41, 5.74) is -1.09. The molecule has 0 aliphatic rings. The Morgan fingerprint density at radius 1 is 0.512 bits per heavy atom. The predicted molar refractivity (Wildman–Crippen MR) is 147 cm³/mol. The highest BCUT2D eigenvalue weighted by molar-refractivity contribution is 6.09. The summed E-state index contributed by atoms with van der Waals surface area (Å²) in [6.45, 7) is 2.99. The molecule has 10 nitrogen and oxygen atoms in total. The molecule has 0 aliphatic heterocycles.